The highest BCUT2D eigenvalue weighted by atomic mass is 35.5. The van der Waals surface area contributed by atoms with Crippen molar-refractivity contribution in [1.29, 1.82) is 0 Å². The average Bonchev–Trinajstić information content (AvgIpc) is 2.76. The first kappa shape index (κ1) is 16.5. The minimum atomic E-state index is -0.956. The van der Waals surface area contributed by atoms with Gasteiger partial charge in [-0.25, -0.2) is 13.6 Å². The number of nitrogens with one attached hydrogen (secondary N) is 2. The first-order valence-corrected chi connectivity index (χ1v) is 7.28. The van der Waals surface area contributed by atoms with Gasteiger partial charge in [0.2, 0.25) is 5.91 Å². The third-order valence-electron chi connectivity index (χ3n) is 3.28. The highest BCUT2D eigenvalue weighted by Crippen LogP contribution is 2.26. The highest BCUT2D eigenvalue weighted by molar-refractivity contribution is 6.33. The first-order chi connectivity index (χ1) is 10.4. The molecule has 1 unspecified atom stereocenters. The predicted molar refractivity (Wildman–Crippen MR) is 78.8 cm³/mol. The molecule has 5 nitrogen and oxygen atoms in total. The minimum Gasteiger partial charge on any atom is -0.341 e. The second-order valence-corrected chi connectivity index (χ2v) is 5.47. The van der Waals surface area contributed by atoms with Crippen LogP contribution in [-0.2, 0) is 4.79 Å². The quantitative estimate of drug-likeness (QED) is 0.833. The summed E-state index contributed by atoms with van der Waals surface area (Å²) in [5, 5.41) is 4.52. The normalized spacial score (nSPS) is 17.7. The fraction of sp³-hybridized carbons (Fsp3) is 0.429. The van der Waals surface area contributed by atoms with Crippen molar-refractivity contribution in [3.8, 4) is 0 Å². The lowest BCUT2D eigenvalue weighted by Gasteiger charge is -2.16. The molecule has 2 rings (SSSR count). The van der Waals surface area contributed by atoms with Gasteiger partial charge in [0.05, 0.1) is 11.7 Å². The van der Waals surface area contributed by atoms with Crippen LogP contribution in [0.15, 0.2) is 12.1 Å². The zero-order chi connectivity index (χ0) is 16.3. The molecule has 0 saturated carbocycles. The summed E-state index contributed by atoms with van der Waals surface area (Å²) in [6.07, 6.45) is 1.04. The fourth-order valence-electron chi connectivity index (χ4n) is 2.35. The van der Waals surface area contributed by atoms with E-state index in [2.05, 4.69) is 10.6 Å². The predicted octanol–water partition coefficient (Wildman–Crippen LogP) is 2.75. The lowest BCUT2D eigenvalue weighted by molar-refractivity contribution is -0.127. The van der Waals surface area contributed by atoms with E-state index < -0.39 is 17.7 Å². The standard InChI is InChI=1S/C14H16ClF2N3O2/c1-2-3-20-7-9(6-12(20)21)18-14(22)19-11-5-8(16)4-10(17)13(11)15/h4-5,9H,2-3,6-7H2,1H3,(H2,18,19,22). The van der Waals surface area contributed by atoms with Gasteiger partial charge in [-0.05, 0) is 12.5 Å². The van der Waals surface area contributed by atoms with E-state index >= 15 is 0 Å². The van der Waals surface area contributed by atoms with Gasteiger partial charge in [-0.2, -0.15) is 0 Å². The molecule has 1 aliphatic rings. The lowest BCUT2D eigenvalue weighted by Crippen LogP contribution is -2.39. The summed E-state index contributed by atoms with van der Waals surface area (Å²) >= 11 is 5.67. The Morgan fingerprint density at radius 3 is 2.86 bits per heavy atom. The van der Waals surface area contributed by atoms with Gasteiger partial charge in [0.1, 0.15) is 16.7 Å². The second-order valence-electron chi connectivity index (χ2n) is 5.09. The molecule has 0 bridgehead atoms. The summed E-state index contributed by atoms with van der Waals surface area (Å²) in [6, 6.07) is 0.553. The number of hydrogen-bond donors (Lipinski definition) is 2. The largest absolute Gasteiger partial charge is 0.341 e. The van der Waals surface area contributed by atoms with Crippen LogP contribution in [-0.4, -0.2) is 36.0 Å². The number of urea groups is 1. The van der Waals surface area contributed by atoms with Crippen molar-refractivity contribution in [2.45, 2.75) is 25.8 Å². The molecule has 1 aromatic carbocycles. The molecule has 1 atom stereocenters. The zero-order valence-electron chi connectivity index (χ0n) is 12.0. The second kappa shape index (κ2) is 6.91. The van der Waals surface area contributed by atoms with Gasteiger partial charge in [-0.1, -0.05) is 18.5 Å². The molecule has 1 saturated heterocycles. The van der Waals surface area contributed by atoms with Gasteiger partial charge in [0.25, 0.3) is 0 Å². The van der Waals surface area contributed by atoms with E-state index in [1.165, 1.54) is 0 Å². The molecule has 120 valence electrons. The fourth-order valence-corrected chi connectivity index (χ4v) is 2.50. The van der Waals surface area contributed by atoms with Gasteiger partial charge in [-0.3, -0.25) is 4.79 Å². The molecule has 0 aliphatic carbocycles. The Morgan fingerprint density at radius 2 is 2.18 bits per heavy atom. The maximum Gasteiger partial charge on any atom is 0.319 e. The summed E-state index contributed by atoms with van der Waals surface area (Å²) in [5.41, 5.74) is -0.161. The zero-order valence-corrected chi connectivity index (χ0v) is 12.7. The van der Waals surface area contributed by atoms with E-state index in [0.29, 0.717) is 19.2 Å². The number of anilines is 1. The molecule has 22 heavy (non-hydrogen) atoms. The topological polar surface area (TPSA) is 61.4 Å². The summed E-state index contributed by atoms with van der Waals surface area (Å²) < 4.78 is 26.4. The molecule has 1 heterocycles. The van der Waals surface area contributed by atoms with Gasteiger partial charge in [0, 0.05) is 25.6 Å². The first-order valence-electron chi connectivity index (χ1n) is 6.90. The maximum absolute atomic E-state index is 13.3. The Morgan fingerprint density at radius 1 is 1.45 bits per heavy atom. The van der Waals surface area contributed by atoms with Crippen LogP contribution in [0.25, 0.3) is 0 Å². The third-order valence-corrected chi connectivity index (χ3v) is 3.67. The summed E-state index contributed by atoms with van der Waals surface area (Å²) in [5.74, 6) is -1.83. The molecule has 8 heteroatoms. The Balaban J connectivity index is 1.96. The van der Waals surface area contributed by atoms with Crippen LogP contribution in [0.1, 0.15) is 19.8 Å². The molecular formula is C14H16ClF2N3O2. The van der Waals surface area contributed by atoms with Gasteiger partial charge in [-0.15, -0.1) is 0 Å². The molecule has 1 aliphatic heterocycles. The molecule has 3 amide bonds. The Hall–Kier alpha value is -1.89. The van der Waals surface area contributed by atoms with Crippen LogP contribution >= 0.6 is 11.6 Å². The van der Waals surface area contributed by atoms with E-state index in [-0.39, 0.29) is 29.1 Å². The number of rotatable bonds is 4. The van der Waals surface area contributed by atoms with Crippen molar-refractivity contribution in [1.82, 2.24) is 10.2 Å². The average molecular weight is 332 g/mol. The number of benzene rings is 1. The van der Waals surface area contributed by atoms with Crippen molar-refractivity contribution >= 4 is 29.2 Å². The molecule has 2 N–H and O–H groups in total. The molecular weight excluding hydrogens is 316 g/mol. The summed E-state index contributed by atoms with van der Waals surface area (Å²) in [7, 11) is 0. The molecule has 1 fully saturated rings. The van der Waals surface area contributed by atoms with Crippen molar-refractivity contribution < 1.29 is 18.4 Å². The van der Waals surface area contributed by atoms with Crippen LogP contribution in [0.3, 0.4) is 0 Å². The number of hydrogen-bond acceptors (Lipinski definition) is 2. The molecule has 1 aromatic rings. The van der Waals surface area contributed by atoms with Gasteiger partial charge < -0.3 is 15.5 Å². The number of carbonyl (C=O) groups excluding carboxylic acids is 2. The van der Waals surface area contributed by atoms with Crippen LogP contribution in [0.5, 0.6) is 0 Å². The monoisotopic (exact) mass is 331 g/mol. The number of likely N-dealkylation sites (tertiary alicyclic amines) is 1. The third kappa shape index (κ3) is 3.85. The summed E-state index contributed by atoms with van der Waals surface area (Å²) in [4.78, 5) is 25.2. The number of amides is 3. The van der Waals surface area contributed by atoms with Crippen molar-refractivity contribution in [2.24, 2.45) is 0 Å². The van der Waals surface area contributed by atoms with Crippen LogP contribution < -0.4 is 10.6 Å². The van der Waals surface area contributed by atoms with E-state index in [0.717, 1.165) is 12.5 Å². The van der Waals surface area contributed by atoms with E-state index in [9.17, 15) is 18.4 Å². The molecule has 0 spiro atoms. The van der Waals surface area contributed by atoms with Gasteiger partial charge >= 0.3 is 6.03 Å². The van der Waals surface area contributed by atoms with Crippen molar-refractivity contribution in [3.63, 3.8) is 0 Å². The number of nitrogens with zero attached hydrogens (tertiary/aromatic N) is 1. The van der Waals surface area contributed by atoms with Gasteiger partial charge in [0.15, 0.2) is 0 Å². The smallest absolute Gasteiger partial charge is 0.319 e. The van der Waals surface area contributed by atoms with E-state index in [1.54, 1.807) is 4.90 Å². The van der Waals surface area contributed by atoms with Crippen LogP contribution in [0.4, 0.5) is 19.3 Å². The van der Waals surface area contributed by atoms with Crippen molar-refractivity contribution in [3.05, 3.63) is 28.8 Å². The van der Waals surface area contributed by atoms with Crippen molar-refractivity contribution in [2.75, 3.05) is 18.4 Å². The van der Waals surface area contributed by atoms with E-state index in [1.807, 2.05) is 6.92 Å². The molecule has 0 radical (unpaired) electrons. The minimum absolute atomic E-state index is 0.0259. The lowest BCUT2D eigenvalue weighted by atomic mass is 10.2. The van der Waals surface area contributed by atoms with E-state index in [4.69, 9.17) is 11.6 Å². The highest BCUT2D eigenvalue weighted by Gasteiger charge is 2.30. The number of halogens is 3. The van der Waals surface area contributed by atoms with Crippen LogP contribution in [0.2, 0.25) is 5.02 Å². The maximum atomic E-state index is 13.3. The summed E-state index contributed by atoms with van der Waals surface area (Å²) in [6.45, 7) is 3.02. The Bertz CT molecular complexity index is 598. The SMILES string of the molecule is CCCN1CC(NC(=O)Nc2cc(F)cc(F)c2Cl)CC1=O. The Kier molecular flexibility index (Phi) is 5.18. The Labute approximate surface area is 131 Å². The molecule has 0 aromatic heterocycles. The van der Waals surface area contributed by atoms with Crippen LogP contribution in [0, 0.1) is 11.6 Å². The number of carbonyl (C=O) groups is 2.